The lowest BCUT2D eigenvalue weighted by atomic mass is 9.99. The van der Waals surface area contributed by atoms with Gasteiger partial charge < -0.3 is 23.7 Å². The monoisotopic (exact) mass is 488 g/mol. The smallest absolute Gasteiger partial charge is 0.339 e. The zero-order valence-corrected chi connectivity index (χ0v) is 20.3. The van der Waals surface area contributed by atoms with E-state index in [1.807, 2.05) is 60.7 Å². The highest BCUT2D eigenvalue weighted by Crippen LogP contribution is 2.35. The summed E-state index contributed by atoms with van der Waals surface area (Å²) in [7, 11) is 1.32. The van der Waals surface area contributed by atoms with Gasteiger partial charge in [0.1, 0.15) is 0 Å². The van der Waals surface area contributed by atoms with E-state index >= 15 is 0 Å². The molecule has 2 atom stereocenters. The van der Waals surface area contributed by atoms with Crippen molar-refractivity contribution in [2.24, 2.45) is 0 Å². The number of ether oxygens (including phenoxy) is 5. The standard InChI is InChI=1S/C29H28O7/c1-4-33-28(30)19(2)23-12-8-9-20(16-23)15-21-13-14-24-25(17-21)34-18-26(35-24)36-27(29(31)32-3)22-10-6-5-7-11-22/h5-14,16-17,26-27H,2,4,15,18H2,1,3H3. The fraction of sp³-hybridized carbons (Fsp3) is 0.241. The summed E-state index contributed by atoms with van der Waals surface area (Å²) in [5.41, 5.74) is 3.74. The van der Waals surface area contributed by atoms with Gasteiger partial charge in [-0.25, -0.2) is 9.59 Å². The lowest BCUT2D eigenvalue weighted by Crippen LogP contribution is -2.35. The van der Waals surface area contributed by atoms with Gasteiger partial charge in [-0.15, -0.1) is 0 Å². The molecule has 2 unspecified atom stereocenters. The minimum Gasteiger partial charge on any atom is -0.483 e. The fourth-order valence-corrected chi connectivity index (χ4v) is 3.87. The zero-order valence-electron chi connectivity index (χ0n) is 20.3. The van der Waals surface area contributed by atoms with Crippen LogP contribution in [0.5, 0.6) is 11.5 Å². The maximum Gasteiger partial charge on any atom is 0.339 e. The van der Waals surface area contributed by atoms with E-state index in [9.17, 15) is 9.59 Å². The number of methoxy groups -OCH3 is 1. The van der Waals surface area contributed by atoms with Crippen molar-refractivity contribution in [2.75, 3.05) is 20.3 Å². The van der Waals surface area contributed by atoms with Gasteiger partial charge in [0, 0.05) is 0 Å². The molecule has 0 amide bonds. The van der Waals surface area contributed by atoms with Crippen LogP contribution < -0.4 is 9.47 Å². The van der Waals surface area contributed by atoms with Crippen molar-refractivity contribution in [3.8, 4) is 11.5 Å². The van der Waals surface area contributed by atoms with Gasteiger partial charge in [-0.2, -0.15) is 0 Å². The number of carbonyl (C=O) groups is 2. The van der Waals surface area contributed by atoms with Crippen LogP contribution in [0.4, 0.5) is 0 Å². The van der Waals surface area contributed by atoms with Crippen LogP contribution in [0.3, 0.4) is 0 Å². The molecule has 0 spiro atoms. The molecule has 0 bridgehead atoms. The number of hydrogen-bond acceptors (Lipinski definition) is 7. The van der Waals surface area contributed by atoms with Crippen LogP contribution in [-0.4, -0.2) is 38.6 Å². The Balaban J connectivity index is 1.43. The molecule has 4 rings (SSSR count). The highest BCUT2D eigenvalue weighted by molar-refractivity contribution is 6.15. The molecule has 3 aromatic rings. The van der Waals surface area contributed by atoms with E-state index in [0.29, 0.717) is 35.7 Å². The van der Waals surface area contributed by atoms with E-state index in [4.69, 9.17) is 23.7 Å². The summed E-state index contributed by atoms with van der Waals surface area (Å²) in [5.74, 6) is 0.177. The molecule has 0 saturated carbocycles. The number of rotatable bonds is 9. The van der Waals surface area contributed by atoms with Crippen molar-refractivity contribution >= 4 is 17.5 Å². The van der Waals surface area contributed by atoms with Crippen molar-refractivity contribution in [3.63, 3.8) is 0 Å². The Bertz CT molecular complexity index is 1240. The summed E-state index contributed by atoms with van der Waals surface area (Å²) in [6.45, 7) is 6.04. The van der Waals surface area contributed by atoms with Crippen LogP contribution in [0, 0.1) is 0 Å². The molecule has 0 saturated heterocycles. The van der Waals surface area contributed by atoms with Crippen LogP contribution in [0.2, 0.25) is 0 Å². The van der Waals surface area contributed by atoms with Crippen molar-refractivity contribution in [1.82, 2.24) is 0 Å². The molecule has 0 fully saturated rings. The molecule has 0 aromatic heterocycles. The molecule has 3 aromatic carbocycles. The first-order valence-electron chi connectivity index (χ1n) is 11.6. The normalized spacial score (nSPS) is 15.0. The Kier molecular flexibility index (Phi) is 8.02. The third-order valence-electron chi connectivity index (χ3n) is 5.65. The quantitative estimate of drug-likeness (QED) is 0.314. The third kappa shape index (κ3) is 5.93. The minimum atomic E-state index is -0.928. The number of esters is 2. The van der Waals surface area contributed by atoms with Crippen LogP contribution in [-0.2, 0) is 30.2 Å². The molecule has 0 N–H and O–H groups in total. The van der Waals surface area contributed by atoms with E-state index < -0.39 is 24.3 Å². The number of benzene rings is 3. The molecule has 0 aliphatic carbocycles. The average molecular weight is 489 g/mol. The molecule has 0 radical (unpaired) electrons. The molecule has 1 aliphatic rings. The Morgan fingerprint density at radius 2 is 1.78 bits per heavy atom. The van der Waals surface area contributed by atoms with Gasteiger partial charge in [0.05, 0.1) is 19.3 Å². The van der Waals surface area contributed by atoms with Crippen LogP contribution in [0.25, 0.3) is 5.57 Å². The second-order valence-electron chi connectivity index (χ2n) is 8.17. The van der Waals surface area contributed by atoms with Gasteiger partial charge >= 0.3 is 11.9 Å². The minimum absolute atomic E-state index is 0.117. The number of fused-ring (bicyclic) bond motifs is 1. The maximum atomic E-state index is 12.3. The molecular formula is C29H28O7. The molecule has 186 valence electrons. The van der Waals surface area contributed by atoms with Crippen LogP contribution >= 0.6 is 0 Å². The largest absolute Gasteiger partial charge is 0.483 e. The van der Waals surface area contributed by atoms with Gasteiger partial charge in [0.25, 0.3) is 0 Å². The van der Waals surface area contributed by atoms with Gasteiger partial charge in [0.15, 0.2) is 24.2 Å². The van der Waals surface area contributed by atoms with Crippen molar-refractivity contribution in [1.29, 1.82) is 0 Å². The predicted octanol–water partition coefficient (Wildman–Crippen LogP) is 4.88. The Labute approximate surface area is 210 Å². The topological polar surface area (TPSA) is 80.3 Å². The highest BCUT2D eigenvalue weighted by atomic mass is 16.7. The molecule has 1 heterocycles. The van der Waals surface area contributed by atoms with E-state index in [1.54, 1.807) is 19.1 Å². The Morgan fingerprint density at radius 3 is 2.53 bits per heavy atom. The van der Waals surface area contributed by atoms with E-state index in [-0.39, 0.29) is 6.61 Å². The Morgan fingerprint density at radius 1 is 1.00 bits per heavy atom. The second-order valence-corrected chi connectivity index (χ2v) is 8.17. The zero-order chi connectivity index (χ0) is 25.5. The predicted molar refractivity (Wildman–Crippen MR) is 134 cm³/mol. The fourth-order valence-electron chi connectivity index (χ4n) is 3.87. The molecule has 36 heavy (non-hydrogen) atoms. The molecule has 7 nitrogen and oxygen atoms in total. The van der Waals surface area contributed by atoms with Gasteiger partial charge in [-0.1, -0.05) is 67.2 Å². The summed E-state index contributed by atoms with van der Waals surface area (Å²) >= 11 is 0. The highest BCUT2D eigenvalue weighted by Gasteiger charge is 2.30. The van der Waals surface area contributed by atoms with Gasteiger partial charge in [-0.3, -0.25) is 0 Å². The van der Waals surface area contributed by atoms with Crippen molar-refractivity contribution in [2.45, 2.75) is 25.7 Å². The SMILES string of the molecule is C=C(C(=O)OCC)c1cccc(Cc2ccc3c(c2)OCC(OC(C(=O)OC)c2ccccc2)O3)c1. The summed E-state index contributed by atoms with van der Waals surface area (Å²) < 4.78 is 27.7. The first kappa shape index (κ1) is 25.0. The van der Waals surface area contributed by atoms with E-state index in [0.717, 1.165) is 16.7 Å². The maximum absolute atomic E-state index is 12.3. The molecule has 7 heteroatoms. The first-order valence-corrected chi connectivity index (χ1v) is 11.6. The lowest BCUT2D eigenvalue weighted by Gasteiger charge is -2.29. The average Bonchev–Trinajstić information content (AvgIpc) is 2.91. The number of hydrogen-bond donors (Lipinski definition) is 0. The van der Waals surface area contributed by atoms with E-state index in [1.165, 1.54) is 7.11 Å². The first-order chi connectivity index (χ1) is 17.5. The van der Waals surface area contributed by atoms with Gasteiger partial charge in [-0.05, 0) is 47.7 Å². The third-order valence-corrected chi connectivity index (χ3v) is 5.65. The summed E-state index contributed by atoms with van der Waals surface area (Å²) in [6, 6.07) is 22.4. The second kappa shape index (κ2) is 11.6. The lowest BCUT2D eigenvalue weighted by molar-refractivity contribution is -0.182. The van der Waals surface area contributed by atoms with Crippen LogP contribution in [0.15, 0.2) is 79.4 Å². The summed E-state index contributed by atoms with van der Waals surface area (Å²) in [5, 5.41) is 0. The summed E-state index contributed by atoms with van der Waals surface area (Å²) in [4.78, 5) is 24.3. The van der Waals surface area contributed by atoms with Crippen LogP contribution in [0.1, 0.15) is 35.3 Å². The number of carbonyl (C=O) groups excluding carboxylic acids is 2. The molecule has 1 aliphatic heterocycles. The van der Waals surface area contributed by atoms with E-state index in [2.05, 4.69) is 6.58 Å². The van der Waals surface area contributed by atoms with Crippen molar-refractivity contribution < 1.29 is 33.3 Å². The summed E-state index contributed by atoms with van der Waals surface area (Å²) in [6.07, 6.45) is -1.08. The van der Waals surface area contributed by atoms with Gasteiger partial charge in [0.2, 0.25) is 6.29 Å². The van der Waals surface area contributed by atoms with Crippen molar-refractivity contribution in [3.05, 3.63) is 102 Å². The Hall–Kier alpha value is -4.10. The molecular weight excluding hydrogens is 460 g/mol.